The van der Waals surface area contributed by atoms with Crippen LogP contribution in [0.2, 0.25) is 6.04 Å². The van der Waals surface area contributed by atoms with Crippen LogP contribution in [-0.4, -0.2) is 18.6 Å². The van der Waals surface area contributed by atoms with Gasteiger partial charge in [0.15, 0.2) is 12.2 Å². The van der Waals surface area contributed by atoms with Crippen molar-refractivity contribution in [1.82, 2.24) is 0 Å². The average Bonchev–Trinajstić information content (AvgIpc) is 1.78. The van der Waals surface area contributed by atoms with Gasteiger partial charge in [0.05, 0.1) is 6.61 Å². The Labute approximate surface area is 73.8 Å². The van der Waals surface area contributed by atoms with Crippen LogP contribution in [-0.2, 0) is 9.53 Å². The number of ether oxygens (including phenoxy) is 1. The molecule has 0 aromatic heterocycles. The molecule has 0 rings (SSSR count). The summed E-state index contributed by atoms with van der Waals surface area (Å²) in [4.78, 5) is 9.54. The predicted molar refractivity (Wildman–Crippen MR) is 44.3 cm³/mol. The SMILES string of the molecule is O=C=COCC[Si](Cl)(Cl)Cl. The van der Waals surface area contributed by atoms with Crippen LogP contribution in [0.5, 0.6) is 0 Å². The summed E-state index contributed by atoms with van der Waals surface area (Å²) >= 11 is 16.5. The molecular formula is C4H5Cl3O2Si. The smallest absolute Gasteiger partial charge is 0.344 e. The van der Waals surface area contributed by atoms with Crippen molar-refractivity contribution in [1.29, 1.82) is 0 Å². The molecule has 0 N–H and O–H groups in total. The molecule has 0 atom stereocenters. The van der Waals surface area contributed by atoms with E-state index in [1.54, 1.807) is 0 Å². The lowest BCUT2D eigenvalue weighted by Gasteiger charge is -2.04. The summed E-state index contributed by atoms with van der Waals surface area (Å²) in [5.74, 6) is 1.44. The van der Waals surface area contributed by atoms with Crippen molar-refractivity contribution in [2.75, 3.05) is 6.61 Å². The van der Waals surface area contributed by atoms with Crippen molar-refractivity contribution in [3.63, 3.8) is 0 Å². The molecule has 0 fully saturated rings. The summed E-state index contributed by atoms with van der Waals surface area (Å²) in [6.45, 7) is 0.262. The van der Waals surface area contributed by atoms with E-state index in [0.717, 1.165) is 6.26 Å². The van der Waals surface area contributed by atoms with Gasteiger partial charge in [-0.05, 0) is 0 Å². The van der Waals surface area contributed by atoms with Crippen LogP contribution in [0, 0.1) is 0 Å². The van der Waals surface area contributed by atoms with E-state index in [0.29, 0.717) is 6.04 Å². The summed E-state index contributed by atoms with van der Waals surface area (Å²) in [5, 5.41) is 0. The fourth-order valence-electron chi connectivity index (χ4n) is 0.268. The molecule has 0 amide bonds. The first-order chi connectivity index (χ1) is 4.56. The maximum Gasteiger partial charge on any atom is 0.344 e. The second-order valence-corrected chi connectivity index (χ2v) is 10.8. The van der Waals surface area contributed by atoms with Crippen LogP contribution in [0.1, 0.15) is 0 Å². The van der Waals surface area contributed by atoms with Gasteiger partial charge in [-0.25, -0.2) is 4.79 Å². The Hall–Kier alpha value is 0.337. The highest BCUT2D eigenvalue weighted by atomic mass is 35.8. The first-order valence-electron chi connectivity index (χ1n) is 2.44. The zero-order valence-electron chi connectivity index (χ0n) is 4.94. The lowest BCUT2D eigenvalue weighted by Crippen LogP contribution is -2.11. The van der Waals surface area contributed by atoms with Gasteiger partial charge in [0.25, 0.3) is 0 Å². The van der Waals surface area contributed by atoms with E-state index >= 15 is 0 Å². The molecule has 0 heterocycles. The Morgan fingerprint density at radius 1 is 1.50 bits per heavy atom. The molecule has 0 radical (unpaired) electrons. The van der Waals surface area contributed by atoms with Crippen LogP contribution in [0.4, 0.5) is 0 Å². The van der Waals surface area contributed by atoms with Crippen molar-refractivity contribution in [2.24, 2.45) is 0 Å². The Morgan fingerprint density at radius 3 is 2.50 bits per heavy atom. The molecule has 0 spiro atoms. The highest BCUT2D eigenvalue weighted by molar-refractivity contribution is 7.64. The normalized spacial score (nSPS) is 10.3. The molecule has 0 saturated heterocycles. The summed E-state index contributed by atoms with van der Waals surface area (Å²) in [5.41, 5.74) is 0. The molecule has 0 saturated carbocycles. The third-order valence-corrected chi connectivity index (χ3v) is 3.11. The van der Waals surface area contributed by atoms with Crippen molar-refractivity contribution < 1.29 is 9.53 Å². The average molecular weight is 220 g/mol. The van der Waals surface area contributed by atoms with Gasteiger partial charge in [0, 0.05) is 6.04 Å². The molecule has 0 aromatic rings. The van der Waals surface area contributed by atoms with Gasteiger partial charge in [-0.15, -0.1) is 33.2 Å². The van der Waals surface area contributed by atoms with Gasteiger partial charge in [-0.2, -0.15) is 0 Å². The zero-order chi connectivity index (χ0) is 8.04. The van der Waals surface area contributed by atoms with E-state index in [-0.39, 0.29) is 6.61 Å². The van der Waals surface area contributed by atoms with Crippen molar-refractivity contribution >= 4 is 45.2 Å². The van der Waals surface area contributed by atoms with Crippen molar-refractivity contribution in [3.05, 3.63) is 6.26 Å². The fourth-order valence-corrected chi connectivity index (χ4v) is 1.31. The molecule has 0 aliphatic heterocycles. The van der Waals surface area contributed by atoms with Crippen molar-refractivity contribution in [3.8, 4) is 0 Å². The molecule has 6 heteroatoms. The van der Waals surface area contributed by atoms with E-state index < -0.39 is 6.00 Å². The molecule has 0 aliphatic carbocycles. The zero-order valence-corrected chi connectivity index (χ0v) is 8.21. The minimum Gasteiger partial charge on any atom is -0.490 e. The predicted octanol–water partition coefficient (Wildman–Crippen LogP) is 2.00. The third-order valence-electron chi connectivity index (χ3n) is 0.635. The number of rotatable bonds is 4. The molecule has 10 heavy (non-hydrogen) atoms. The highest BCUT2D eigenvalue weighted by Gasteiger charge is 2.24. The Bertz CT molecular complexity index is 138. The van der Waals surface area contributed by atoms with Crippen LogP contribution in [0.25, 0.3) is 0 Å². The minimum atomic E-state index is -2.57. The second kappa shape index (κ2) is 5.05. The van der Waals surface area contributed by atoms with E-state index in [2.05, 4.69) is 4.74 Å². The lowest BCUT2D eigenvalue weighted by molar-refractivity contribution is 0.271. The van der Waals surface area contributed by atoms with Crippen LogP contribution in [0.15, 0.2) is 6.26 Å². The van der Waals surface area contributed by atoms with E-state index in [1.165, 1.54) is 5.94 Å². The standard InChI is InChI=1S/C4H5Cl3O2Si/c5-10(6,7)4-3-9-2-1-8/h2H,3-4H2. The quantitative estimate of drug-likeness (QED) is 0.238. The molecule has 2 nitrogen and oxygen atoms in total. The Balaban J connectivity index is 3.28. The lowest BCUT2D eigenvalue weighted by atomic mass is 10.8. The van der Waals surface area contributed by atoms with Crippen LogP contribution >= 0.6 is 33.2 Å². The molecule has 0 bridgehead atoms. The van der Waals surface area contributed by atoms with Crippen molar-refractivity contribution in [2.45, 2.75) is 6.04 Å². The number of hydrogen-bond acceptors (Lipinski definition) is 2. The second-order valence-electron chi connectivity index (χ2n) is 1.47. The van der Waals surface area contributed by atoms with Gasteiger partial charge >= 0.3 is 6.00 Å². The monoisotopic (exact) mass is 218 g/mol. The Kier molecular flexibility index (Phi) is 5.22. The van der Waals surface area contributed by atoms with Gasteiger partial charge in [-0.1, -0.05) is 0 Å². The number of halogens is 3. The minimum absolute atomic E-state index is 0.262. The Morgan fingerprint density at radius 2 is 2.10 bits per heavy atom. The van der Waals surface area contributed by atoms with Gasteiger partial charge in [-0.3, -0.25) is 0 Å². The van der Waals surface area contributed by atoms with E-state index in [9.17, 15) is 4.79 Å². The maximum atomic E-state index is 9.54. The van der Waals surface area contributed by atoms with Crippen LogP contribution in [0.3, 0.4) is 0 Å². The number of hydrogen-bond donors (Lipinski definition) is 0. The maximum absolute atomic E-state index is 9.54. The number of carbonyl (C=O) groups excluding carboxylic acids is 1. The molecular weight excluding hydrogens is 214 g/mol. The first kappa shape index (κ1) is 10.3. The third kappa shape index (κ3) is 8.34. The molecule has 58 valence electrons. The van der Waals surface area contributed by atoms with E-state index in [1.807, 2.05) is 0 Å². The summed E-state index contributed by atoms with van der Waals surface area (Å²) in [6.07, 6.45) is 0.908. The fraction of sp³-hybridized carbons (Fsp3) is 0.500. The van der Waals surface area contributed by atoms with Gasteiger partial charge < -0.3 is 4.74 Å². The van der Waals surface area contributed by atoms with E-state index in [4.69, 9.17) is 33.2 Å². The first-order valence-corrected chi connectivity index (χ1v) is 7.68. The summed E-state index contributed by atoms with van der Waals surface area (Å²) < 4.78 is 4.59. The summed E-state index contributed by atoms with van der Waals surface area (Å²) in [6, 6.07) is -2.18. The molecule has 0 aromatic carbocycles. The molecule has 0 aliphatic rings. The largest absolute Gasteiger partial charge is 0.490 e. The van der Waals surface area contributed by atoms with Gasteiger partial charge in [0.2, 0.25) is 0 Å². The molecule has 0 unspecified atom stereocenters. The topological polar surface area (TPSA) is 26.3 Å². The van der Waals surface area contributed by atoms with Gasteiger partial charge in [0.1, 0.15) is 0 Å². The summed E-state index contributed by atoms with van der Waals surface area (Å²) in [7, 11) is 0. The highest BCUT2D eigenvalue weighted by Crippen LogP contribution is 2.24. The van der Waals surface area contributed by atoms with Crippen LogP contribution < -0.4 is 0 Å².